The van der Waals surface area contributed by atoms with Crippen molar-refractivity contribution in [3.05, 3.63) is 66.8 Å². The summed E-state index contributed by atoms with van der Waals surface area (Å²) in [5.74, 6) is 0.0945. The maximum atomic E-state index is 12.0. The van der Waals surface area contributed by atoms with Gasteiger partial charge in [0.15, 0.2) is 11.5 Å². The van der Waals surface area contributed by atoms with Gasteiger partial charge in [-0.1, -0.05) is 31.4 Å². The van der Waals surface area contributed by atoms with Crippen LogP contribution in [0.15, 0.2) is 66.8 Å². The Labute approximate surface area is 170 Å². The smallest absolute Gasteiger partial charge is 0.338 e. The van der Waals surface area contributed by atoms with E-state index in [0.29, 0.717) is 30.3 Å². The van der Waals surface area contributed by atoms with E-state index in [1.807, 2.05) is 6.07 Å². The van der Waals surface area contributed by atoms with E-state index in [1.54, 1.807) is 57.4 Å². The Morgan fingerprint density at radius 2 is 1.38 bits per heavy atom. The second-order valence-corrected chi connectivity index (χ2v) is 6.37. The molecule has 0 N–H and O–H groups in total. The molecule has 2 aromatic rings. The number of carbonyl (C=O) groups excluding carboxylic acids is 2. The highest BCUT2D eigenvalue weighted by Gasteiger charge is 2.13. The number of hydrogen-bond donors (Lipinski definition) is 0. The molecule has 152 valence electrons. The minimum atomic E-state index is -0.541. The Morgan fingerprint density at radius 1 is 0.793 bits per heavy atom. The van der Waals surface area contributed by atoms with Crippen LogP contribution in [0.2, 0.25) is 0 Å². The first-order valence-corrected chi connectivity index (χ1v) is 8.93. The second kappa shape index (κ2) is 10.2. The minimum Gasteiger partial charge on any atom is -0.487 e. The molecule has 0 atom stereocenters. The average Bonchev–Trinajstić information content (AvgIpc) is 2.69. The summed E-state index contributed by atoms with van der Waals surface area (Å²) in [7, 11) is 1.58. The fourth-order valence-electron chi connectivity index (χ4n) is 2.22. The van der Waals surface area contributed by atoms with Crippen LogP contribution in [-0.2, 0) is 14.3 Å². The summed E-state index contributed by atoms with van der Waals surface area (Å²) >= 11 is 0. The molecule has 2 aromatic carbocycles. The van der Waals surface area contributed by atoms with E-state index in [-0.39, 0.29) is 11.3 Å². The first-order valence-electron chi connectivity index (χ1n) is 8.93. The van der Waals surface area contributed by atoms with E-state index in [4.69, 9.17) is 18.9 Å². The third kappa shape index (κ3) is 6.33. The molecule has 29 heavy (non-hydrogen) atoms. The standard InChI is InChI=1S/C23H24O6/c1-15(2)22(24)28-19-9-6-17(7-10-19)18-8-11-20(27-13-12-26-5)21(14-18)29-23(25)16(3)4/h6-11,14H,1,3,12-13H2,2,4-5H3. The summed E-state index contributed by atoms with van der Waals surface area (Å²) in [4.78, 5) is 23.6. The van der Waals surface area contributed by atoms with Crippen molar-refractivity contribution >= 4 is 11.9 Å². The van der Waals surface area contributed by atoms with Crippen molar-refractivity contribution in [2.45, 2.75) is 13.8 Å². The van der Waals surface area contributed by atoms with Gasteiger partial charge in [0.25, 0.3) is 0 Å². The minimum absolute atomic E-state index is 0.280. The summed E-state index contributed by atoms with van der Waals surface area (Å²) in [6.07, 6.45) is 0. The number of methoxy groups -OCH3 is 1. The van der Waals surface area contributed by atoms with Gasteiger partial charge in [-0.3, -0.25) is 0 Å². The van der Waals surface area contributed by atoms with E-state index in [0.717, 1.165) is 11.1 Å². The summed E-state index contributed by atoms with van der Waals surface area (Å²) in [6.45, 7) is 11.0. The molecule has 0 aromatic heterocycles. The molecule has 0 unspecified atom stereocenters. The lowest BCUT2D eigenvalue weighted by Crippen LogP contribution is -2.11. The lowest BCUT2D eigenvalue weighted by atomic mass is 10.0. The molecule has 0 aliphatic carbocycles. The molecular formula is C23H24O6. The Morgan fingerprint density at radius 3 is 1.97 bits per heavy atom. The van der Waals surface area contributed by atoms with E-state index < -0.39 is 11.9 Å². The molecule has 0 heterocycles. The molecule has 0 spiro atoms. The zero-order chi connectivity index (χ0) is 21.4. The lowest BCUT2D eigenvalue weighted by Gasteiger charge is -2.13. The molecule has 0 amide bonds. The van der Waals surface area contributed by atoms with Crippen LogP contribution in [-0.4, -0.2) is 32.3 Å². The first kappa shape index (κ1) is 21.9. The van der Waals surface area contributed by atoms with Crippen LogP contribution < -0.4 is 14.2 Å². The number of benzene rings is 2. The predicted molar refractivity (Wildman–Crippen MR) is 110 cm³/mol. The van der Waals surface area contributed by atoms with Crippen molar-refractivity contribution < 1.29 is 28.5 Å². The molecule has 2 rings (SSSR count). The fourth-order valence-corrected chi connectivity index (χ4v) is 2.22. The van der Waals surface area contributed by atoms with Crippen LogP contribution in [0.1, 0.15) is 13.8 Å². The van der Waals surface area contributed by atoms with Gasteiger partial charge in [-0.05, 0) is 49.2 Å². The molecule has 0 aliphatic heterocycles. The van der Waals surface area contributed by atoms with E-state index >= 15 is 0 Å². The molecular weight excluding hydrogens is 372 g/mol. The molecule has 0 saturated carbocycles. The maximum absolute atomic E-state index is 12.0. The van der Waals surface area contributed by atoms with Crippen molar-refractivity contribution in [3.8, 4) is 28.4 Å². The zero-order valence-electron chi connectivity index (χ0n) is 16.8. The van der Waals surface area contributed by atoms with Gasteiger partial charge in [0.2, 0.25) is 0 Å². The summed E-state index contributed by atoms with van der Waals surface area (Å²) in [5.41, 5.74) is 2.24. The summed E-state index contributed by atoms with van der Waals surface area (Å²) in [5, 5.41) is 0. The zero-order valence-corrected chi connectivity index (χ0v) is 16.8. The van der Waals surface area contributed by atoms with Gasteiger partial charge in [-0.25, -0.2) is 9.59 Å². The van der Waals surface area contributed by atoms with Crippen LogP contribution in [0.4, 0.5) is 0 Å². The molecule has 0 fully saturated rings. The van der Waals surface area contributed by atoms with E-state index in [9.17, 15) is 9.59 Å². The third-order valence-corrected chi connectivity index (χ3v) is 3.79. The Kier molecular flexibility index (Phi) is 7.74. The Hall–Kier alpha value is -3.38. The monoisotopic (exact) mass is 396 g/mol. The van der Waals surface area contributed by atoms with Gasteiger partial charge >= 0.3 is 11.9 Å². The molecule has 0 radical (unpaired) electrons. The molecule has 0 bridgehead atoms. The van der Waals surface area contributed by atoms with Crippen LogP contribution in [0.5, 0.6) is 17.2 Å². The van der Waals surface area contributed by atoms with E-state index in [2.05, 4.69) is 13.2 Å². The highest BCUT2D eigenvalue weighted by Crippen LogP contribution is 2.34. The molecule has 0 aliphatic rings. The second-order valence-electron chi connectivity index (χ2n) is 6.37. The van der Waals surface area contributed by atoms with Gasteiger partial charge < -0.3 is 18.9 Å². The van der Waals surface area contributed by atoms with Gasteiger partial charge in [-0.15, -0.1) is 0 Å². The SMILES string of the molecule is C=C(C)C(=O)Oc1ccc(-c2ccc(OCCOC)c(OC(=O)C(=C)C)c2)cc1. The van der Waals surface area contributed by atoms with Crippen LogP contribution in [0.25, 0.3) is 11.1 Å². The first-order chi connectivity index (χ1) is 13.8. The lowest BCUT2D eigenvalue weighted by molar-refractivity contribution is -0.131. The predicted octanol–water partition coefficient (Wildman–Crippen LogP) is 4.34. The van der Waals surface area contributed by atoms with Gasteiger partial charge in [-0.2, -0.15) is 0 Å². The quantitative estimate of drug-likeness (QED) is 0.272. The molecule has 6 nitrogen and oxygen atoms in total. The largest absolute Gasteiger partial charge is 0.487 e. The normalized spacial score (nSPS) is 10.2. The van der Waals surface area contributed by atoms with Crippen molar-refractivity contribution in [1.29, 1.82) is 0 Å². The Balaban J connectivity index is 2.27. The highest BCUT2D eigenvalue weighted by atomic mass is 16.6. The van der Waals surface area contributed by atoms with Crippen molar-refractivity contribution in [2.75, 3.05) is 20.3 Å². The van der Waals surface area contributed by atoms with E-state index in [1.165, 1.54) is 0 Å². The highest BCUT2D eigenvalue weighted by molar-refractivity contribution is 5.90. The number of hydrogen-bond acceptors (Lipinski definition) is 6. The average molecular weight is 396 g/mol. The number of carbonyl (C=O) groups is 2. The maximum Gasteiger partial charge on any atom is 0.338 e. The topological polar surface area (TPSA) is 71.1 Å². The fraction of sp³-hybridized carbons (Fsp3) is 0.217. The third-order valence-electron chi connectivity index (χ3n) is 3.79. The summed E-state index contributed by atoms with van der Waals surface area (Å²) < 4.78 is 21.2. The van der Waals surface area contributed by atoms with Crippen molar-refractivity contribution in [1.82, 2.24) is 0 Å². The van der Waals surface area contributed by atoms with Crippen LogP contribution >= 0.6 is 0 Å². The summed E-state index contributed by atoms with van der Waals surface area (Å²) in [6, 6.07) is 12.2. The number of esters is 2. The molecule has 0 saturated heterocycles. The van der Waals surface area contributed by atoms with Crippen molar-refractivity contribution in [2.24, 2.45) is 0 Å². The molecule has 6 heteroatoms. The number of rotatable bonds is 9. The van der Waals surface area contributed by atoms with Gasteiger partial charge in [0.1, 0.15) is 12.4 Å². The number of ether oxygens (including phenoxy) is 4. The van der Waals surface area contributed by atoms with Crippen LogP contribution in [0.3, 0.4) is 0 Å². The van der Waals surface area contributed by atoms with Gasteiger partial charge in [0.05, 0.1) is 6.61 Å². The van der Waals surface area contributed by atoms with Crippen molar-refractivity contribution in [3.63, 3.8) is 0 Å². The van der Waals surface area contributed by atoms with Gasteiger partial charge in [0, 0.05) is 18.3 Å². The van der Waals surface area contributed by atoms with Crippen LogP contribution in [0, 0.1) is 0 Å². The Bertz CT molecular complexity index is 911.